The number of nitrogens with one attached hydrogen (secondary N) is 1. The topological polar surface area (TPSA) is 107 Å². The number of nitrogens with zero attached hydrogens (tertiary/aromatic N) is 1. The number of anilines is 1. The van der Waals surface area contributed by atoms with Gasteiger partial charge < -0.3 is 23.9 Å². The van der Waals surface area contributed by atoms with Gasteiger partial charge in [-0.3, -0.25) is 19.3 Å². The van der Waals surface area contributed by atoms with E-state index in [1.165, 1.54) is 29.2 Å². The molecule has 0 spiro atoms. The summed E-state index contributed by atoms with van der Waals surface area (Å²) in [5, 5.41) is 2.80. The molecule has 10 heteroatoms. The number of para-hydroxylation sites is 1. The monoisotopic (exact) mass is 508 g/mol. The fourth-order valence-corrected chi connectivity index (χ4v) is 4.18. The number of ketones is 1. The summed E-state index contributed by atoms with van der Waals surface area (Å²) in [4.78, 5) is 39.3. The molecule has 1 saturated heterocycles. The zero-order chi connectivity index (χ0) is 25.8. The Morgan fingerprint density at radius 1 is 1.14 bits per heavy atom. The average molecular weight is 509 g/mol. The largest absolute Gasteiger partial charge is 0.482 e. The van der Waals surface area contributed by atoms with Crippen LogP contribution in [0.1, 0.15) is 39.5 Å². The molecule has 1 atom stereocenters. The maximum Gasteiger partial charge on any atom is 0.287 e. The van der Waals surface area contributed by atoms with Gasteiger partial charge in [-0.1, -0.05) is 12.1 Å². The Kier molecular flexibility index (Phi) is 7.18. The van der Waals surface area contributed by atoms with Gasteiger partial charge in [0.05, 0.1) is 18.3 Å². The number of amides is 2. The van der Waals surface area contributed by atoms with Crippen molar-refractivity contribution in [3.8, 4) is 11.5 Å². The lowest BCUT2D eigenvalue weighted by molar-refractivity contribution is -0.121. The van der Waals surface area contributed by atoms with Gasteiger partial charge >= 0.3 is 0 Å². The summed E-state index contributed by atoms with van der Waals surface area (Å²) in [7, 11) is 0. The standard InChI is InChI=1S/C27H25FN2O7/c28-20-5-1-2-6-23(20)35-15-22(31)17-7-9-24-21(12-17)30(26(32)16-36-24)14-19-8-10-25(37-19)27(33)29-13-18-4-3-11-34-18/h1-2,5-10,12,18H,3-4,11,13-16H2,(H,29,33). The van der Waals surface area contributed by atoms with Crippen LogP contribution < -0.4 is 19.7 Å². The number of rotatable bonds is 9. The predicted molar refractivity (Wildman–Crippen MR) is 129 cm³/mol. The SMILES string of the molecule is O=C(COc1ccccc1F)c1ccc2c(c1)N(Cc1ccc(C(=O)NCC3CCCO3)o1)C(=O)CO2. The Hall–Kier alpha value is -4.18. The zero-order valence-electron chi connectivity index (χ0n) is 19.9. The fourth-order valence-electron chi connectivity index (χ4n) is 4.18. The first-order valence-electron chi connectivity index (χ1n) is 11.9. The summed E-state index contributed by atoms with van der Waals surface area (Å²) < 4.78 is 35.8. The lowest BCUT2D eigenvalue weighted by atomic mass is 10.1. The van der Waals surface area contributed by atoms with Crippen LogP contribution in [-0.2, 0) is 16.1 Å². The molecular weight excluding hydrogens is 483 g/mol. The smallest absolute Gasteiger partial charge is 0.287 e. The van der Waals surface area contributed by atoms with E-state index in [0.717, 1.165) is 12.8 Å². The Morgan fingerprint density at radius 3 is 2.81 bits per heavy atom. The maximum atomic E-state index is 13.8. The molecule has 9 nitrogen and oxygen atoms in total. The second-order valence-corrected chi connectivity index (χ2v) is 8.70. The maximum absolute atomic E-state index is 13.8. The highest BCUT2D eigenvalue weighted by atomic mass is 19.1. The summed E-state index contributed by atoms with van der Waals surface area (Å²) in [6.07, 6.45) is 1.89. The number of halogens is 1. The average Bonchev–Trinajstić information content (AvgIpc) is 3.60. The van der Waals surface area contributed by atoms with Crippen LogP contribution in [0.25, 0.3) is 0 Å². The molecule has 3 aromatic rings. The molecular formula is C27H25FN2O7. The number of hydrogen-bond acceptors (Lipinski definition) is 7. The number of fused-ring (bicyclic) bond motifs is 1. The Balaban J connectivity index is 1.26. The molecule has 0 aliphatic carbocycles. The molecule has 2 aromatic carbocycles. The normalized spacial score (nSPS) is 16.7. The van der Waals surface area contributed by atoms with Crippen molar-refractivity contribution in [3.05, 3.63) is 77.5 Å². The third-order valence-electron chi connectivity index (χ3n) is 6.13. The highest BCUT2D eigenvalue weighted by molar-refractivity contribution is 6.02. The van der Waals surface area contributed by atoms with Crippen LogP contribution in [0.3, 0.4) is 0 Å². The molecule has 0 saturated carbocycles. The van der Waals surface area contributed by atoms with E-state index in [1.807, 2.05) is 0 Å². The van der Waals surface area contributed by atoms with Crippen LogP contribution in [0.2, 0.25) is 0 Å². The van der Waals surface area contributed by atoms with Crippen molar-refractivity contribution in [3.63, 3.8) is 0 Å². The van der Waals surface area contributed by atoms with Crippen molar-refractivity contribution in [2.45, 2.75) is 25.5 Å². The van der Waals surface area contributed by atoms with E-state index < -0.39 is 11.6 Å². The quantitative estimate of drug-likeness (QED) is 0.441. The minimum absolute atomic E-state index is 0.00915. The van der Waals surface area contributed by atoms with Crippen LogP contribution in [0, 0.1) is 5.82 Å². The number of carbonyl (C=O) groups excluding carboxylic acids is 3. The second-order valence-electron chi connectivity index (χ2n) is 8.70. The van der Waals surface area contributed by atoms with Crippen molar-refractivity contribution in [2.24, 2.45) is 0 Å². The number of benzene rings is 2. The van der Waals surface area contributed by atoms with Crippen LogP contribution in [0.15, 0.2) is 59.0 Å². The van der Waals surface area contributed by atoms with Gasteiger partial charge in [0.2, 0.25) is 0 Å². The summed E-state index contributed by atoms with van der Waals surface area (Å²) in [5.74, 6) is -0.740. The molecule has 2 aliphatic rings. The third-order valence-corrected chi connectivity index (χ3v) is 6.13. The van der Waals surface area contributed by atoms with Gasteiger partial charge in [0.15, 0.2) is 36.3 Å². The van der Waals surface area contributed by atoms with Crippen molar-refractivity contribution in [1.29, 1.82) is 0 Å². The highest BCUT2D eigenvalue weighted by Crippen LogP contribution is 2.34. The number of ether oxygens (including phenoxy) is 3. The van der Waals surface area contributed by atoms with Gasteiger partial charge in [-0.15, -0.1) is 0 Å². The van der Waals surface area contributed by atoms with E-state index in [9.17, 15) is 18.8 Å². The van der Waals surface area contributed by atoms with Crippen LogP contribution in [-0.4, -0.2) is 50.1 Å². The number of Topliss-reactive ketones (excluding diaryl/α,β-unsaturated/α-hetero) is 1. The van der Waals surface area contributed by atoms with Gasteiger partial charge in [-0.25, -0.2) is 4.39 Å². The lowest BCUT2D eigenvalue weighted by Crippen LogP contribution is -2.38. The summed E-state index contributed by atoms with van der Waals surface area (Å²) >= 11 is 0. The third kappa shape index (κ3) is 5.64. The predicted octanol–water partition coefficient (Wildman–Crippen LogP) is 3.51. The van der Waals surface area contributed by atoms with E-state index in [1.54, 1.807) is 30.3 Å². The van der Waals surface area contributed by atoms with E-state index in [2.05, 4.69) is 5.32 Å². The zero-order valence-corrected chi connectivity index (χ0v) is 19.9. The minimum atomic E-state index is -0.565. The van der Waals surface area contributed by atoms with E-state index in [4.69, 9.17) is 18.6 Å². The van der Waals surface area contributed by atoms with Gasteiger partial charge in [-0.2, -0.15) is 0 Å². The Morgan fingerprint density at radius 2 is 2.00 bits per heavy atom. The summed E-state index contributed by atoms with van der Waals surface area (Å²) in [6, 6.07) is 13.7. The van der Waals surface area contributed by atoms with E-state index in [0.29, 0.717) is 30.3 Å². The van der Waals surface area contributed by atoms with Crippen molar-refractivity contribution < 1.29 is 37.4 Å². The molecule has 3 heterocycles. The Bertz CT molecular complexity index is 1320. The molecule has 2 amide bonds. The molecule has 5 rings (SSSR count). The molecule has 0 bridgehead atoms. The van der Waals surface area contributed by atoms with Crippen molar-refractivity contribution in [2.75, 3.05) is 31.3 Å². The highest BCUT2D eigenvalue weighted by Gasteiger charge is 2.28. The molecule has 0 radical (unpaired) electrons. The number of hydrogen-bond donors (Lipinski definition) is 1. The first-order valence-corrected chi connectivity index (χ1v) is 11.9. The summed E-state index contributed by atoms with van der Waals surface area (Å²) in [6.45, 7) is 0.592. The molecule has 1 N–H and O–H groups in total. The molecule has 1 unspecified atom stereocenters. The fraction of sp³-hybridized carbons (Fsp3) is 0.296. The first kappa shape index (κ1) is 24.5. The molecule has 2 aliphatic heterocycles. The van der Waals surface area contributed by atoms with Gasteiger partial charge in [0.25, 0.3) is 11.8 Å². The molecule has 1 aromatic heterocycles. The van der Waals surface area contributed by atoms with E-state index in [-0.39, 0.29) is 54.8 Å². The summed E-state index contributed by atoms with van der Waals surface area (Å²) in [5.41, 5.74) is 0.654. The van der Waals surface area contributed by atoms with Crippen molar-refractivity contribution >= 4 is 23.3 Å². The minimum Gasteiger partial charge on any atom is -0.482 e. The van der Waals surface area contributed by atoms with Gasteiger partial charge in [0, 0.05) is 18.7 Å². The number of furan rings is 1. The van der Waals surface area contributed by atoms with Gasteiger partial charge in [0.1, 0.15) is 11.5 Å². The molecule has 37 heavy (non-hydrogen) atoms. The van der Waals surface area contributed by atoms with Gasteiger partial charge in [-0.05, 0) is 55.3 Å². The lowest BCUT2D eigenvalue weighted by Gasteiger charge is -2.29. The van der Waals surface area contributed by atoms with Crippen LogP contribution >= 0.6 is 0 Å². The first-order chi connectivity index (χ1) is 18.0. The van der Waals surface area contributed by atoms with Crippen LogP contribution in [0.4, 0.5) is 10.1 Å². The second kappa shape index (κ2) is 10.8. The Labute approximate surface area is 212 Å². The van der Waals surface area contributed by atoms with E-state index >= 15 is 0 Å². The van der Waals surface area contributed by atoms with Crippen molar-refractivity contribution in [1.82, 2.24) is 5.32 Å². The number of carbonyl (C=O) groups is 3. The molecule has 192 valence electrons. The van der Waals surface area contributed by atoms with Crippen LogP contribution in [0.5, 0.6) is 11.5 Å². The molecule has 1 fully saturated rings.